The second kappa shape index (κ2) is 4.01. The summed E-state index contributed by atoms with van der Waals surface area (Å²) < 4.78 is 27.0. The molecule has 4 N–H and O–H groups in total. The molecular formula is C12H11F2N3. The molecule has 1 heterocycles. The molecule has 2 aromatic rings. The average Bonchev–Trinajstić information content (AvgIpc) is 2.27. The third-order valence-corrected chi connectivity index (χ3v) is 2.48. The number of rotatable bonds is 1. The smallest absolute Gasteiger partial charge is 0.166 e. The van der Waals surface area contributed by atoms with Crippen LogP contribution in [0.1, 0.15) is 5.56 Å². The monoisotopic (exact) mass is 235 g/mol. The van der Waals surface area contributed by atoms with E-state index in [1.807, 2.05) is 0 Å². The van der Waals surface area contributed by atoms with Crippen LogP contribution in [0.25, 0.3) is 11.1 Å². The van der Waals surface area contributed by atoms with Crippen LogP contribution in [0.4, 0.5) is 20.2 Å². The minimum atomic E-state index is -0.949. The van der Waals surface area contributed by atoms with Crippen molar-refractivity contribution in [3.05, 3.63) is 41.7 Å². The van der Waals surface area contributed by atoms with Crippen molar-refractivity contribution in [2.24, 2.45) is 0 Å². The number of benzene rings is 1. The number of hydrogen-bond donors (Lipinski definition) is 2. The quantitative estimate of drug-likeness (QED) is 0.798. The Morgan fingerprint density at radius 3 is 2.47 bits per heavy atom. The number of nitrogens with two attached hydrogens (primary N) is 2. The summed E-state index contributed by atoms with van der Waals surface area (Å²) in [7, 11) is 0. The third-order valence-electron chi connectivity index (χ3n) is 2.48. The lowest BCUT2D eigenvalue weighted by Gasteiger charge is -2.09. The Bertz CT molecular complexity index is 582. The van der Waals surface area contributed by atoms with E-state index in [9.17, 15) is 8.78 Å². The first-order valence-corrected chi connectivity index (χ1v) is 4.95. The fraction of sp³-hybridized carbons (Fsp3) is 0.0833. The van der Waals surface area contributed by atoms with E-state index in [1.165, 1.54) is 18.5 Å². The van der Waals surface area contributed by atoms with Gasteiger partial charge in [0.2, 0.25) is 0 Å². The molecule has 2 rings (SSSR count). The summed E-state index contributed by atoms with van der Waals surface area (Å²) in [6.07, 6.45) is 2.73. The summed E-state index contributed by atoms with van der Waals surface area (Å²) >= 11 is 0. The molecule has 0 radical (unpaired) electrons. The minimum Gasteiger partial charge on any atom is -0.396 e. The molecule has 0 atom stereocenters. The molecule has 3 nitrogen and oxygen atoms in total. The highest BCUT2D eigenvalue weighted by Crippen LogP contribution is 2.32. The average molecular weight is 235 g/mol. The molecule has 0 aliphatic carbocycles. The molecule has 0 aliphatic rings. The number of anilines is 2. The predicted octanol–water partition coefficient (Wildman–Crippen LogP) is 2.50. The number of nitrogen functional groups attached to an aromatic ring is 2. The van der Waals surface area contributed by atoms with Crippen molar-refractivity contribution in [1.82, 2.24) is 4.98 Å². The van der Waals surface area contributed by atoms with Gasteiger partial charge in [-0.2, -0.15) is 0 Å². The summed E-state index contributed by atoms with van der Waals surface area (Å²) in [5.41, 5.74) is 12.7. The highest BCUT2D eigenvalue weighted by molar-refractivity contribution is 5.83. The second-order valence-corrected chi connectivity index (χ2v) is 3.80. The SMILES string of the molecule is Cc1cc(F)c(F)c(-c2cncc(N)c2N)c1. The number of hydrogen-bond acceptors (Lipinski definition) is 3. The van der Waals surface area contributed by atoms with E-state index >= 15 is 0 Å². The van der Waals surface area contributed by atoms with Crippen molar-refractivity contribution in [3.63, 3.8) is 0 Å². The first-order valence-electron chi connectivity index (χ1n) is 4.95. The summed E-state index contributed by atoms with van der Waals surface area (Å²) in [6.45, 7) is 1.67. The number of aryl methyl sites for hydroxylation is 1. The van der Waals surface area contributed by atoms with Gasteiger partial charge in [0.05, 0.1) is 17.6 Å². The molecule has 0 unspecified atom stereocenters. The fourth-order valence-electron chi connectivity index (χ4n) is 1.62. The standard InChI is InChI=1S/C12H11F2N3/c1-6-2-7(11(14)9(13)3-6)8-4-17-5-10(15)12(8)16/h2-5H,15H2,1H3,(H2,16,17). The van der Waals surface area contributed by atoms with Crippen LogP contribution < -0.4 is 11.5 Å². The molecule has 1 aromatic heterocycles. The zero-order chi connectivity index (χ0) is 12.6. The number of nitrogens with zero attached hydrogens (tertiary/aromatic N) is 1. The van der Waals surface area contributed by atoms with Crippen LogP contribution in [0.5, 0.6) is 0 Å². The van der Waals surface area contributed by atoms with Crippen LogP contribution in [-0.4, -0.2) is 4.98 Å². The molecule has 0 fully saturated rings. The molecule has 88 valence electrons. The van der Waals surface area contributed by atoms with E-state index in [-0.39, 0.29) is 16.9 Å². The van der Waals surface area contributed by atoms with Crippen molar-refractivity contribution in [2.75, 3.05) is 11.5 Å². The Labute approximate surface area is 97.1 Å². The zero-order valence-corrected chi connectivity index (χ0v) is 9.17. The van der Waals surface area contributed by atoms with Gasteiger partial charge >= 0.3 is 0 Å². The molecule has 5 heteroatoms. The Kier molecular flexibility index (Phi) is 2.67. The second-order valence-electron chi connectivity index (χ2n) is 3.80. The van der Waals surface area contributed by atoms with Crippen LogP contribution in [-0.2, 0) is 0 Å². The predicted molar refractivity (Wildman–Crippen MR) is 63.2 cm³/mol. The molecule has 17 heavy (non-hydrogen) atoms. The van der Waals surface area contributed by atoms with Crippen LogP contribution in [0.15, 0.2) is 24.5 Å². The van der Waals surface area contributed by atoms with Gasteiger partial charge in [-0.05, 0) is 24.6 Å². The van der Waals surface area contributed by atoms with Gasteiger partial charge in [0.1, 0.15) is 0 Å². The Morgan fingerprint density at radius 2 is 1.76 bits per heavy atom. The van der Waals surface area contributed by atoms with Crippen LogP contribution >= 0.6 is 0 Å². The van der Waals surface area contributed by atoms with E-state index in [2.05, 4.69) is 4.98 Å². The zero-order valence-electron chi connectivity index (χ0n) is 9.17. The molecule has 0 saturated heterocycles. The van der Waals surface area contributed by atoms with Crippen molar-refractivity contribution in [3.8, 4) is 11.1 Å². The largest absolute Gasteiger partial charge is 0.396 e. The van der Waals surface area contributed by atoms with Gasteiger partial charge in [-0.3, -0.25) is 4.98 Å². The van der Waals surface area contributed by atoms with Crippen LogP contribution in [0, 0.1) is 18.6 Å². The van der Waals surface area contributed by atoms with E-state index in [0.717, 1.165) is 6.07 Å². The summed E-state index contributed by atoms with van der Waals surface area (Å²) in [5, 5.41) is 0. The third kappa shape index (κ3) is 1.91. The van der Waals surface area contributed by atoms with Gasteiger partial charge in [0.25, 0.3) is 0 Å². The normalized spacial score (nSPS) is 10.5. The van der Waals surface area contributed by atoms with Gasteiger partial charge in [0.15, 0.2) is 11.6 Å². The molecule has 1 aromatic carbocycles. The van der Waals surface area contributed by atoms with Crippen molar-refractivity contribution in [2.45, 2.75) is 6.92 Å². The molecular weight excluding hydrogens is 224 g/mol. The summed E-state index contributed by atoms with van der Waals surface area (Å²) in [4.78, 5) is 3.83. The minimum absolute atomic E-state index is 0.0693. The molecule has 0 saturated carbocycles. The maximum absolute atomic E-state index is 13.7. The lowest BCUT2D eigenvalue weighted by atomic mass is 10.0. The molecule has 0 bridgehead atoms. The van der Waals surface area contributed by atoms with Gasteiger partial charge in [0, 0.05) is 17.3 Å². The van der Waals surface area contributed by atoms with Crippen molar-refractivity contribution >= 4 is 11.4 Å². The maximum atomic E-state index is 13.7. The van der Waals surface area contributed by atoms with Crippen LogP contribution in [0.3, 0.4) is 0 Å². The lowest BCUT2D eigenvalue weighted by molar-refractivity contribution is 0.510. The van der Waals surface area contributed by atoms with Gasteiger partial charge in [-0.1, -0.05) is 0 Å². The Hall–Kier alpha value is -2.17. The Balaban J connectivity index is 2.73. The van der Waals surface area contributed by atoms with E-state index in [0.29, 0.717) is 11.1 Å². The van der Waals surface area contributed by atoms with Gasteiger partial charge in [-0.15, -0.1) is 0 Å². The Morgan fingerprint density at radius 1 is 1.06 bits per heavy atom. The van der Waals surface area contributed by atoms with Crippen molar-refractivity contribution in [1.29, 1.82) is 0 Å². The topological polar surface area (TPSA) is 64.9 Å². The number of halogens is 2. The maximum Gasteiger partial charge on any atom is 0.166 e. The van der Waals surface area contributed by atoms with E-state index in [4.69, 9.17) is 11.5 Å². The molecule has 0 amide bonds. The summed E-state index contributed by atoms with van der Waals surface area (Å²) in [6, 6.07) is 2.62. The van der Waals surface area contributed by atoms with E-state index in [1.54, 1.807) is 6.92 Å². The van der Waals surface area contributed by atoms with E-state index < -0.39 is 11.6 Å². The lowest BCUT2D eigenvalue weighted by Crippen LogP contribution is -2.00. The van der Waals surface area contributed by atoms with Gasteiger partial charge in [-0.25, -0.2) is 8.78 Å². The fourth-order valence-corrected chi connectivity index (χ4v) is 1.62. The number of pyridine rings is 1. The molecule has 0 spiro atoms. The highest BCUT2D eigenvalue weighted by Gasteiger charge is 2.14. The first kappa shape index (κ1) is 11.3. The van der Waals surface area contributed by atoms with Crippen molar-refractivity contribution < 1.29 is 8.78 Å². The first-order chi connectivity index (χ1) is 8.00. The summed E-state index contributed by atoms with van der Waals surface area (Å²) in [5.74, 6) is -1.86. The molecule has 0 aliphatic heterocycles. The van der Waals surface area contributed by atoms with Crippen LogP contribution in [0.2, 0.25) is 0 Å². The highest BCUT2D eigenvalue weighted by atomic mass is 19.2. The number of aromatic nitrogens is 1. The van der Waals surface area contributed by atoms with Gasteiger partial charge < -0.3 is 11.5 Å².